The molecule has 1 atom stereocenters. The lowest BCUT2D eigenvalue weighted by atomic mass is 10.0. The number of hydrogen-bond acceptors (Lipinski definition) is 4. The van der Waals surface area contributed by atoms with Gasteiger partial charge in [0.25, 0.3) is 0 Å². The van der Waals surface area contributed by atoms with Gasteiger partial charge in [0, 0.05) is 14.2 Å². The molecule has 0 aliphatic heterocycles. The molecule has 0 heterocycles. The Hall–Kier alpha value is -0.160. The van der Waals surface area contributed by atoms with Crippen LogP contribution in [0.4, 0.5) is 0 Å². The zero-order valence-corrected chi connectivity index (χ0v) is 8.33. The number of nitrogens with two attached hydrogens (primary N) is 1. The topological polar surface area (TPSA) is 56.5 Å². The van der Waals surface area contributed by atoms with E-state index in [0.717, 1.165) is 6.42 Å². The van der Waals surface area contributed by atoms with E-state index in [4.69, 9.17) is 15.3 Å². The van der Waals surface area contributed by atoms with Crippen molar-refractivity contribution in [2.45, 2.75) is 32.6 Å². The molecule has 0 saturated heterocycles. The third kappa shape index (κ3) is 4.01. The first kappa shape index (κ1) is 11.8. The van der Waals surface area contributed by atoms with Crippen LogP contribution in [0.2, 0.25) is 0 Å². The van der Waals surface area contributed by atoms with E-state index in [2.05, 4.69) is 19.3 Å². The second-order valence-electron chi connectivity index (χ2n) is 3.24. The number of nitrogens with one attached hydrogen (secondary N) is 1. The quantitative estimate of drug-likeness (QED) is 0.351. The molecule has 74 valence electrons. The number of rotatable bonds is 6. The SMILES string of the molecule is COC(OC)C(CC(C)C)NN. The summed E-state index contributed by atoms with van der Waals surface area (Å²) in [4.78, 5) is 0. The van der Waals surface area contributed by atoms with Gasteiger partial charge in [-0.1, -0.05) is 13.8 Å². The van der Waals surface area contributed by atoms with Crippen molar-refractivity contribution in [3.05, 3.63) is 0 Å². The molecule has 0 bridgehead atoms. The van der Waals surface area contributed by atoms with Crippen molar-refractivity contribution in [3.8, 4) is 0 Å². The molecule has 0 aromatic heterocycles. The molecule has 0 rings (SSSR count). The monoisotopic (exact) mass is 176 g/mol. The van der Waals surface area contributed by atoms with Crippen LogP contribution < -0.4 is 11.3 Å². The Balaban J connectivity index is 3.92. The van der Waals surface area contributed by atoms with Crippen molar-refractivity contribution in [2.75, 3.05) is 14.2 Å². The van der Waals surface area contributed by atoms with Crippen LogP contribution in [0.3, 0.4) is 0 Å². The lowest BCUT2D eigenvalue weighted by Gasteiger charge is -2.25. The van der Waals surface area contributed by atoms with Gasteiger partial charge in [-0.05, 0) is 12.3 Å². The zero-order valence-electron chi connectivity index (χ0n) is 8.33. The summed E-state index contributed by atoms with van der Waals surface area (Å²) in [6.45, 7) is 4.26. The number of ether oxygens (including phenoxy) is 2. The molecule has 0 radical (unpaired) electrons. The molecule has 0 fully saturated rings. The molecular formula is C8H20N2O2. The maximum absolute atomic E-state index is 5.36. The maximum Gasteiger partial charge on any atom is 0.173 e. The standard InChI is InChI=1S/C8H20N2O2/c1-6(2)5-7(10-9)8(11-3)12-4/h6-8,10H,5,9H2,1-4H3. The first-order chi connectivity index (χ1) is 5.65. The third-order valence-electron chi connectivity index (χ3n) is 1.73. The van der Waals surface area contributed by atoms with Crippen LogP contribution in [0, 0.1) is 5.92 Å². The summed E-state index contributed by atoms with van der Waals surface area (Å²) < 4.78 is 10.2. The summed E-state index contributed by atoms with van der Waals surface area (Å²) in [6, 6.07) is 0.0556. The van der Waals surface area contributed by atoms with Gasteiger partial charge in [-0.15, -0.1) is 0 Å². The van der Waals surface area contributed by atoms with E-state index in [9.17, 15) is 0 Å². The van der Waals surface area contributed by atoms with Gasteiger partial charge in [0.2, 0.25) is 0 Å². The Morgan fingerprint density at radius 3 is 2.00 bits per heavy atom. The minimum Gasteiger partial charge on any atom is -0.354 e. The normalized spacial score (nSPS) is 14.2. The fraction of sp³-hybridized carbons (Fsp3) is 1.00. The summed E-state index contributed by atoms with van der Waals surface area (Å²) in [7, 11) is 3.22. The lowest BCUT2D eigenvalue weighted by molar-refractivity contribution is -0.125. The highest BCUT2D eigenvalue weighted by Gasteiger charge is 2.20. The van der Waals surface area contributed by atoms with Crippen molar-refractivity contribution in [1.29, 1.82) is 0 Å². The molecule has 0 saturated carbocycles. The smallest absolute Gasteiger partial charge is 0.173 e. The molecule has 3 N–H and O–H groups in total. The van der Waals surface area contributed by atoms with E-state index in [-0.39, 0.29) is 12.3 Å². The van der Waals surface area contributed by atoms with Crippen molar-refractivity contribution < 1.29 is 9.47 Å². The molecule has 0 aliphatic carbocycles. The molecule has 0 spiro atoms. The fourth-order valence-electron chi connectivity index (χ4n) is 1.19. The Morgan fingerprint density at radius 2 is 1.75 bits per heavy atom. The van der Waals surface area contributed by atoms with Gasteiger partial charge in [0.05, 0.1) is 6.04 Å². The summed E-state index contributed by atoms with van der Waals surface area (Å²) in [5.74, 6) is 5.93. The predicted molar refractivity (Wildman–Crippen MR) is 48.4 cm³/mol. The molecule has 0 aromatic carbocycles. The molecule has 12 heavy (non-hydrogen) atoms. The van der Waals surface area contributed by atoms with Crippen LogP contribution >= 0.6 is 0 Å². The van der Waals surface area contributed by atoms with Gasteiger partial charge < -0.3 is 9.47 Å². The molecule has 4 heteroatoms. The average Bonchev–Trinajstić information content (AvgIpc) is 2.04. The minimum atomic E-state index is -0.266. The number of methoxy groups -OCH3 is 2. The Morgan fingerprint density at radius 1 is 1.25 bits per heavy atom. The summed E-state index contributed by atoms with van der Waals surface area (Å²) >= 11 is 0. The highest BCUT2D eigenvalue weighted by molar-refractivity contribution is 4.69. The fourth-order valence-corrected chi connectivity index (χ4v) is 1.19. The van der Waals surface area contributed by atoms with E-state index in [1.807, 2.05) is 0 Å². The second-order valence-corrected chi connectivity index (χ2v) is 3.24. The van der Waals surface area contributed by atoms with Crippen LogP contribution in [0.1, 0.15) is 20.3 Å². The predicted octanol–water partition coefficient (Wildman–Crippen LogP) is 0.483. The molecule has 0 aliphatic rings. The largest absolute Gasteiger partial charge is 0.354 e. The van der Waals surface area contributed by atoms with Gasteiger partial charge >= 0.3 is 0 Å². The molecule has 4 nitrogen and oxygen atoms in total. The first-order valence-electron chi connectivity index (χ1n) is 4.17. The van der Waals surface area contributed by atoms with Crippen molar-refractivity contribution in [3.63, 3.8) is 0 Å². The van der Waals surface area contributed by atoms with Gasteiger partial charge in [-0.2, -0.15) is 0 Å². The van der Waals surface area contributed by atoms with Crippen molar-refractivity contribution in [2.24, 2.45) is 11.8 Å². The van der Waals surface area contributed by atoms with E-state index in [1.165, 1.54) is 0 Å². The zero-order chi connectivity index (χ0) is 9.56. The molecular weight excluding hydrogens is 156 g/mol. The van der Waals surface area contributed by atoms with Crippen LogP contribution in [0.25, 0.3) is 0 Å². The van der Waals surface area contributed by atoms with E-state index < -0.39 is 0 Å². The average molecular weight is 176 g/mol. The summed E-state index contributed by atoms with van der Waals surface area (Å²) in [5.41, 5.74) is 2.69. The Labute approximate surface area is 74.4 Å². The van der Waals surface area contributed by atoms with Gasteiger partial charge in [-0.25, -0.2) is 0 Å². The number of hydrogen-bond donors (Lipinski definition) is 2. The summed E-state index contributed by atoms with van der Waals surface area (Å²) in [6.07, 6.45) is 0.667. The second kappa shape index (κ2) is 6.37. The van der Waals surface area contributed by atoms with Crippen molar-refractivity contribution in [1.82, 2.24) is 5.43 Å². The van der Waals surface area contributed by atoms with Gasteiger partial charge in [0.1, 0.15) is 0 Å². The van der Waals surface area contributed by atoms with Crippen LogP contribution in [-0.2, 0) is 9.47 Å². The van der Waals surface area contributed by atoms with Crippen LogP contribution in [-0.4, -0.2) is 26.6 Å². The van der Waals surface area contributed by atoms with E-state index >= 15 is 0 Å². The Bertz CT molecular complexity index is 105. The van der Waals surface area contributed by atoms with Crippen molar-refractivity contribution >= 4 is 0 Å². The number of hydrazine groups is 1. The van der Waals surface area contributed by atoms with E-state index in [0.29, 0.717) is 5.92 Å². The highest BCUT2D eigenvalue weighted by Crippen LogP contribution is 2.09. The van der Waals surface area contributed by atoms with E-state index in [1.54, 1.807) is 14.2 Å². The summed E-state index contributed by atoms with van der Waals surface area (Å²) in [5, 5.41) is 0. The maximum atomic E-state index is 5.36. The van der Waals surface area contributed by atoms with Gasteiger partial charge in [-0.3, -0.25) is 11.3 Å². The molecule has 1 unspecified atom stereocenters. The van der Waals surface area contributed by atoms with Gasteiger partial charge in [0.15, 0.2) is 6.29 Å². The van der Waals surface area contributed by atoms with Crippen LogP contribution in [0.5, 0.6) is 0 Å². The lowest BCUT2D eigenvalue weighted by Crippen LogP contribution is -2.46. The third-order valence-corrected chi connectivity index (χ3v) is 1.73. The van der Waals surface area contributed by atoms with Crippen LogP contribution in [0.15, 0.2) is 0 Å². The molecule has 0 aromatic rings. The highest BCUT2D eigenvalue weighted by atomic mass is 16.7. The molecule has 0 amide bonds. The minimum absolute atomic E-state index is 0.0556. The Kier molecular flexibility index (Phi) is 6.28. The first-order valence-corrected chi connectivity index (χ1v) is 4.17.